The first-order valence-corrected chi connectivity index (χ1v) is 9.85. The van der Waals surface area contributed by atoms with Crippen LogP contribution < -0.4 is 4.74 Å². The molecule has 2 aliphatic rings. The maximum absolute atomic E-state index is 12.7. The van der Waals surface area contributed by atoms with Crippen LogP contribution in [0.1, 0.15) is 33.6 Å². The van der Waals surface area contributed by atoms with E-state index < -0.39 is 0 Å². The zero-order valence-corrected chi connectivity index (χ0v) is 15.4. The largest absolute Gasteiger partial charge is 0.497 e. The van der Waals surface area contributed by atoms with E-state index in [-0.39, 0.29) is 5.91 Å². The van der Waals surface area contributed by atoms with Crippen LogP contribution in [0.4, 0.5) is 0 Å². The monoisotopic (exact) mass is 356 g/mol. The summed E-state index contributed by atoms with van der Waals surface area (Å²) in [5.41, 5.74) is 2.26. The Morgan fingerprint density at radius 1 is 1.12 bits per heavy atom. The Balaban J connectivity index is 1.34. The van der Waals surface area contributed by atoms with Gasteiger partial charge < -0.3 is 9.64 Å². The van der Waals surface area contributed by atoms with E-state index in [1.165, 1.54) is 12.0 Å². The number of amides is 1. The summed E-state index contributed by atoms with van der Waals surface area (Å²) in [7, 11) is 1.64. The summed E-state index contributed by atoms with van der Waals surface area (Å²) < 4.78 is 5.17. The van der Waals surface area contributed by atoms with Gasteiger partial charge in [-0.1, -0.05) is 0 Å². The van der Waals surface area contributed by atoms with Gasteiger partial charge in [-0.2, -0.15) is 0 Å². The minimum atomic E-state index is 0.139. The Kier molecular flexibility index (Phi) is 4.77. The van der Waals surface area contributed by atoms with Crippen LogP contribution in [0.15, 0.2) is 35.7 Å². The van der Waals surface area contributed by atoms with Crippen molar-refractivity contribution in [1.29, 1.82) is 0 Å². The molecule has 0 unspecified atom stereocenters. The van der Waals surface area contributed by atoms with Gasteiger partial charge in [0.25, 0.3) is 5.91 Å². The number of hydrogen-bond donors (Lipinski definition) is 0. The number of rotatable bonds is 3. The normalized spacial score (nSPS) is 18.8. The van der Waals surface area contributed by atoms with Gasteiger partial charge in [-0.25, -0.2) is 0 Å². The van der Waals surface area contributed by atoms with Crippen LogP contribution in [0.2, 0.25) is 0 Å². The summed E-state index contributed by atoms with van der Waals surface area (Å²) in [6, 6.07) is 10.3. The van der Waals surface area contributed by atoms with Crippen molar-refractivity contribution in [2.24, 2.45) is 0 Å². The SMILES string of the molecule is COc1ccc(C(=O)N2CCC(N3CCc4sccc4C3)CC2)cc1. The van der Waals surface area contributed by atoms with Gasteiger partial charge in [0.2, 0.25) is 0 Å². The molecule has 0 aliphatic carbocycles. The molecule has 0 atom stereocenters. The highest BCUT2D eigenvalue weighted by molar-refractivity contribution is 7.10. The van der Waals surface area contributed by atoms with Crippen LogP contribution >= 0.6 is 11.3 Å². The number of carbonyl (C=O) groups excluding carboxylic acids is 1. The molecule has 25 heavy (non-hydrogen) atoms. The third-order valence-electron chi connectivity index (χ3n) is 5.44. The summed E-state index contributed by atoms with van der Waals surface area (Å²) in [4.78, 5) is 18.9. The van der Waals surface area contributed by atoms with Crippen LogP contribution in [-0.4, -0.2) is 48.5 Å². The molecule has 2 aromatic rings. The number of likely N-dealkylation sites (tertiary alicyclic amines) is 1. The number of thiophene rings is 1. The Bertz CT molecular complexity index is 732. The topological polar surface area (TPSA) is 32.8 Å². The van der Waals surface area contributed by atoms with Crippen LogP contribution in [-0.2, 0) is 13.0 Å². The third-order valence-corrected chi connectivity index (χ3v) is 6.47. The van der Waals surface area contributed by atoms with Crippen molar-refractivity contribution in [3.8, 4) is 5.75 Å². The number of hydrogen-bond acceptors (Lipinski definition) is 4. The minimum Gasteiger partial charge on any atom is -0.497 e. The second-order valence-corrected chi connectivity index (χ2v) is 7.84. The lowest BCUT2D eigenvalue weighted by Gasteiger charge is -2.40. The first-order valence-electron chi connectivity index (χ1n) is 8.97. The molecule has 3 heterocycles. The number of nitrogens with zero attached hydrogens (tertiary/aromatic N) is 2. The molecule has 0 bridgehead atoms. The van der Waals surface area contributed by atoms with E-state index in [1.54, 1.807) is 12.0 Å². The fourth-order valence-electron chi connectivity index (χ4n) is 3.93. The van der Waals surface area contributed by atoms with Crippen molar-refractivity contribution in [2.75, 3.05) is 26.7 Å². The molecule has 2 aliphatic heterocycles. The predicted molar refractivity (Wildman–Crippen MR) is 100 cm³/mol. The van der Waals surface area contributed by atoms with Crippen LogP contribution in [0.3, 0.4) is 0 Å². The van der Waals surface area contributed by atoms with Crippen LogP contribution in [0, 0.1) is 0 Å². The van der Waals surface area contributed by atoms with Crippen molar-refractivity contribution >= 4 is 17.2 Å². The Morgan fingerprint density at radius 3 is 2.60 bits per heavy atom. The maximum Gasteiger partial charge on any atom is 0.253 e. The quantitative estimate of drug-likeness (QED) is 0.845. The van der Waals surface area contributed by atoms with Gasteiger partial charge in [0.05, 0.1) is 7.11 Å². The molecule has 4 nitrogen and oxygen atoms in total. The Morgan fingerprint density at radius 2 is 1.88 bits per heavy atom. The summed E-state index contributed by atoms with van der Waals surface area (Å²) in [6.45, 7) is 3.94. The summed E-state index contributed by atoms with van der Waals surface area (Å²) in [6.07, 6.45) is 3.32. The molecule has 0 spiro atoms. The second kappa shape index (κ2) is 7.18. The second-order valence-electron chi connectivity index (χ2n) is 6.84. The fraction of sp³-hybridized carbons (Fsp3) is 0.450. The molecular formula is C20H24N2O2S. The van der Waals surface area contributed by atoms with Gasteiger partial charge in [0.1, 0.15) is 5.75 Å². The number of carbonyl (C=O) groups is 1. The van der Waals surface area contributed by atoms with E-state index in [9.17, 15) is 4.79 Å². The van der Waals surface area contributed by atoms with Crippen LogP contribution in [0.5, 0.6) is 5.75 Å². The van der Waals surface area contributed by atoms with E-state index in [4.69, 9.17) is 4.74 Å². The number of piperidine rings is 1. The molecule has 0 saturated carbocycles. The molecule has 5 heteroatoms. The Labute approximate surface area is 153 Å². The smallest absolute Gasteiger partial charge is 0.253 e. The van der Waals surface area contributed by atoms with E-state index in [2.05, 4.69) is 16.3 Å². The number of fused-ring (bicyclic) bond motifs is 1. The lowest BCUT2D eigenvalue weighted by molar-refractivity contribution is 0.0600. The number of ether oxygens (including phenoxy) is 1. The molecule has 132 valence electrons. The predicted octanol–water partition coefficient (Wildman–Crippen LogP) is 3.42. The summed E-state index contributed by atoms with van der Waals surface area (Å²) >= 11 is 1.89. The molecule has 4 rings (SSSR count). The lowest BCUT2D eigenvalue weighted by Crippen LogP contribution is -2.47. The van der Waals surface area contributed by atoms with Crippen molar-refractivity contribution < 1.29 is 9.53 Å². The lowest BCUT2D eigenvalue weighted by atomic mass is 9.99. The van der Waals surface area contributed by atoms with Crippen molar-refractivity contribution in [3.63, 3.8) is 0 Å². The van der Waals surface area contributed by atoms with Gasteiger partial charge in [-0.05, 0) is 60.5 Å². The maximum atomic E-state index is 12.7. The average molecular weight is 356 g/mol. The van der Waals surface area contributed by atoms with E-state index in [0.717, 1.165) is 50.3 Å². The molecule has 0 N–H and O–H groups in total. The Hall–Kier alpha value is -1.85. The molecule has 1 aromatic carbocycles. The number of benzene rings is 1. The highest BCUT2D eigenvalue weighted by Crippen LogP contribution is 2.28. The molecule has 0 radical (unpaired) electrons. The zero-order valence-electron chi connectivity index (χ0n) is 14.6. The number of methoxy groups -OCH3 is 1. The van der Waals surface area contributed by atoms with Crippen LogP contribution in [0.25, 0.3) is 0 Å². The van der Waals surface area contributed by atoms with Gasteiger partial charge in [-0.15, -0.1) is 11.3 Å². The fourth-order valence-corrected chi connectivity index (χ4v) is 4.82. The average Bonchev–Trinajstić information content (AvgIpc) is 3.15. The van der Waals surface area contributed by atoms with E-state index in [0.29, 0.717) is 6.04 Å². The molecule has 1 aromatic heterocycles. The molecule has 1 amide bonds. The third kappa shape index (κ3) is 3.44. The van der Waals surface area contributed by atoms with Gasteiger partial charge >= 0.3 is 0 Å². The van der Waals surface area contributed by atoms with Gasteiger partial charge in [-0.3, -0.25) is 9.69 Å². The van der Waals surface area contributed by atoms with Gasteiger partial charge in [0.15, 0.2) is 0 Å². The van der Waals surface area contributed by atoms with E-state index >= 15 is 0 Å². The zero-order chi connectivity index (χ0) is 17.2. The molecular weight excluding hydrogens is 332 g/mol. The van der Waals surface area contributed by atoms with Crippen molar-refractivity contribution in [1.82, 2.24) is 9.80 Å². The van der Waals surface area contributed by atoms with E-state index in [1.807, 2.05) is 40.5 Å². The minimum absolute atomic E-state index is 0.139. The highest BCUT2D eigenvalue weighted by Gasteiger charge is 2.29. The van der Waals surface area contributed by atoms with Gasteiger partial charge in [0, 0.05) is 42.7 Å². The molecule has 1 saturated heterocycles. The first-order chi connectivity index (χ1) is 12.2. The summed E-state index contributed by atoms with van der Waals surface area (Å²) in [5, 5.41) is 2.21. The van der Waals surface area contributed by atoms with Crippen molar-refractivity contribution in [2.45, 2.75) is 31.8 Å². The summed E-state index contributed by atoms with van der Waals surface area (Å²) in [5.74, 6) is 0.924. The highest BCUT2D eigenvalue weighted by atomic mass is 32.1. The van der Waals surface area contributed by atoms with Crippen molar-refractivity contribution in [3.05, 3.63) is 51.7 Å². The molecule has 1 fully saturated rings. The first kappa shape index (κ1) is 16.6. The standard InChI is InChI=1S/C20H24N2O2S/c1-24-18-4-2-15(3-5-18)20(23)21-10-6-17(7-11-21)22-12-8-19-16(14-22)9-13-25-19/h2-5,9,13,17H,6-8,10-12,14H2,1H3.